The number of nitrogens with zero attached hydrogens (tertiary/aromatic N) is 1. The van der Waals surface area contributed by atoms with Crippen molar-refractivity contribution in [3.8, 4) is 17.9 Å². The van der Waals surface area contributed by atoms with Crippen LogP contribution in [0.3, 0.4) is 0 Å². The number of Topliss-reactive ketones (excluding diaryl/α,β-unsaturated/α-hetero) is 1. The minimum Gasteiger partial charge on any atom is -0.280 e. The summed E-state index contributed by atoms with van der Waals surface area (Å²) in [6.07, 6.45) is 0.166. The Morgan fingerprint density at radius 2 is 1.96 bits per heavy atom. The smallest absolute Gasteiger partial charge is 0.238 e. The van der Waals surface area contributed by atoms with Gasteiger partial charge in [-0.1, -0.05) is 12.0 Å². The summed E-state index contributed by atoms with van der Waals surface area (Å²) in [6.45, 7) is 7.35. The molecule has 0 saturated heterocycles. The van der Waals surface area contributed by atoms with E-state index in [9.17, 15) is 9.59 Å². The third-order valence-electron chi connectivity index (χ3n) is 3.74. The Hall–Kier alpha value is -2.87. The Labute approximate surface area is 145 Å². The van der Waals surface area contributed by atoms with Gasteiger partial charge < -0.3 is 0 Å². The van der Waals surface area contributed by atoms with Gasteiger partial charge in [0.05, 0.1) is 5.56 Å². The van der Waals surface area contributed by atoms with Crippen molar-refractivity contribution >= 4 is 17.1 Å². The van der Waals surface area contributed by atoms with Gasteiger partial charge in [0, 0.05) is 16.9 Å². The number of nitriles is 1. The lowest BCUT2D eigenvalue weighted by Crippen LogP contribution is -2.05. The van der Waals surface area contributed by atoms with Crippen molar-refractivity contribution in [2.24, 2.45) is 0 Å². The van der Waals surface area contributed by atoms with Crippen LogP contribution < -0.4 is 5.43 Å². The van der Waals surface area contributed by atoms with Crippen molar-refractivity contribution in [2.45, 2.75) is 34.1 Å². The molecule has 1 aromatic carbocycles. The van der Waals surface area contributed by atoms with Gasteiger partial charge in [-0.2, -0.15) is 5.26 Å². The van der Waals surface area contributed by atoms with Crippen LogP contribution >= 0.6 is 11.3 Å². The number of ketones is 1. The number of rotatable bonds is 2. The zero-order valence-corrected chi connectivity index (χ0v) is 14.8. The lowest BCUT2D eigenvalue weighted by molar-refractivity contribution is 0.105. The van der Waals surface area contributed by atoms with E-state index >= 15 is 0 Å². The zero-order valence-electron chi connectivity index (χ0n) is 14.0. The molecule has 2 rings (SSSR count). The number of hydrogen-bond acceptors (Lipinski definition) is 4. The second kappa shape index (κ2) is 7.14. The third kappa shape index (κ3) is 3.54. The normalized spacial score (nSPS) is 9.46. The van der Waals surface area contributed by atoms with Gasteiger partial charge in [-0.15, -0.1) is 11.3 Å². The van der Waals surface area contributed by atoms with Gasteiger partial charge in [0.2, 0.25) is 11.2 Å². The minimum absolute atomic E-state index is 0.166. The van der Waals surface area contributed by atoms with Crippen molar-refractivity contribution in [3.05, 3.63) is 66.0 Å². The van der Waals surface area contributed by atoms with Gasteiger partial charge in [0.1, 0.15) is 10.9 Å². The number of carbonyl (C=O) groups is 1. The topological polar surface area (TPSA) is 57.9 Å². The summed E-state index contributed by atoms with van der Waals surface area (Å²) in [5.41, 5.74) is 3.04. The SMILES string of the molecule is Cc1c#cc(=O)c(CC#CC(=O)c2c(C#N)sc(C)c2C)c(C)c1. The lowest BCUT2D eigenvalue weighted by atomic mass is 10.0. The number of thiophene rings is 1. The molecule has 1 heterocycles. The van der Waals surface area contributed by atoms with E-state index in [0.29, 0.717) is 16.0 Å². The Morgan fingerprint density at radius 3 is 2.62 bits per heavy atom. The predicted octanol–water partition coefficient (Wildman–Crippen LogP) is 3.24. The van der Waals surface area contributed by atoms with E-state index in [2.05, 4.69) is 24.0 Å². The first kappa shape index (κ1) is 17.5. The molecule has 0 N–H and O–H groups in total. The van der Waals surface area contributed by atoms with E-state index in [-0.39, 0.29) is 17.6 Å². The molecule has 2 aromatic rings. The summed E-state index contributed by atoms with van der Waals surface area (Å²) >= 11 is 1.30. The molecule has 118 valence electrons. The molecular formula is C20H15NO2S. The summed E-state index contributed by atoms with van der Waals surface area (Å²) in [6, 6.07) is 9.23. The van der Waals surface area contributed by atoms with Crippen LogP contribution in [0.25, 0.3) is 0 Å². The number of hydrogen-bond donors (Lipinski definition) is 0. The molecule has 0 aliphatic rings. The molecule has 0 radical (unpaired) electrons. The van der Waals surface area contributed by atoms with Crippen LogP contribution in [0.5, 0.6) is 0 Å². The average molecular weight is 333 g/mol. The first-order chi connectivity index (χ1) is 11.3. The fourth-order valence-corrected chi connectivity index (χ4v) is 3.29. The molecule has 0 aliphatic carbocycles. The van der Waals surface area contributed by atoms with Crippen molar-refractivity contribution < 1.29 is 4.79 Å². The third-order valence-corrected chi connectivity index (χ3v) is 4.85. The van der Waals surface area contributed by atoms with Gasteiger partial charge in [-0.25, -0.2) is 0 Å². The lowest BCUT2D eigenvalue weighted by Gasteiger charge is -1.95. The molecule has 0 amide bonds. The Bertz CT molecular complexity index is 982. The van der Waals surface area contributed by atoms with Gasteiger partial charge in [-0.05, 0) is 62.4 Å². The van der Waals surface area contributed by atoms with E-state index in [1.54, 1.807) is 0 Å². The molecule has 0 atom stereocenters. The van der Waals surface area contributed by atoms with Gasteiger partial charge >= 0.3 is 0 Å². The van der Waals surface area contributed by atoms with Gasteiger partial charge in [0.25, 0.3) is 0 Å². The van der Waals surface area contributed by atoms with E-state index in [0.717, 1.165) is 21.6 Å². The highest BCUT2D eigenvalue weighted by atomic mass is 32.1. The molecule has 0 saturated carbocycles. The second-order valence-electron chi connectivity index (χ2n) is 5.47. The number of carbonyl (C=O) groups excluding carboxylic acids is 1. The molecule has 3 nitrogen and oxygen atoms in total. The average Bonchev–Trinajstić information content (AvgIpc) is 2.76. The van der Waals surface area contributed by atoms with Crippen LogP contribution in [0.4, 0.5) is 0 Å². The molecule has 0 unspecified atom stereocenters. The fraction of sp³-hybridized carbons (Fsp3) is 0.250. The fourth-order valence-electron chi connectivity index (χ4n) is 2.33. The van der Waals surface area contributed by atoms with E-state index < -0.39 is 0 Å². The monoisotopic (exact) mass is 333 g/mol. The predicted molar refractivity (Wildman–Crippen MR) is 94.2 cm³/mol. The van der Waals surface area contributed by atoms with Crippen molar-refractivity contribution in [2.75, 3.05) is 0 Å². The maximum absolute atomic E-state index is 12.3. The zero-order chi connectivity index (χ0) is 17.9. The molecule has 0 bridgehead atoms. The molecule has 0 aliphatic heterocycles. The van der Waals surface area contributed by atoms with Crippen LogP contribution in [0, 0.1) is 63.0 Å². The Balaban J connectivity index is 2.34. The van der Waals surface area contributed by atoms with Crippen LogP contribution in [-0.2, 0) is 6.42 Å². The summed E-state index contributed by atoms with van der Waals surface area (Å²) in [4.78, 5) is 25.7. The molecular weight excluding hydrogens is 318 g/mol. The maximum atomic E-state index is 12.3. The highest BCUT2D eigenvalue weighted by molar-refractivity contribution is 7.13. The summed E-state index contributed by atoms with van der Waals surface area (Å²) in [7, 11) is 0. The molecule has 24 heavy (non-hydrogen) atoms. The molecule has 4 heteroatoms. The first-order valence-corrected chi connectivity index (χ1v) is 8.14. The minimum atomic E-state index is -0.384. The van der Waals surface area contributed by atoms with Gasteiger partial charge in [0.15, 0.2) is 0 Å². The molecule has 1 aromatic heterocycles. The van der Waals surface area contributed by atoms with Crippen molar-refractivity contribution in [3.63, 3.8) is 0 Å². The first-order valence-electron chi connectivity index (χ1n) is 7.32. The standard InChI is InChI=1S/C20H15NO2S/c1-12-8-9-17(22)16(13(2)10-12)6-5-7-18(23)20-14(3)15(4)24-19(20)11-21/h10H,6H2,1-4H3. The summed E-state index contributed by atoms with van der Waals surface area (Å²) in [5.74, 6) is 4.94. The van der Waals surface area contributed by atoms with Crippen LogP contribution in [0.1, 0.15) is 42.4 Å². The van der Waals surface area contributed by atoms with Crippen LogP contribution in [0.15, 0.2) is 10.9 Å². The number of aryl methyl sites for hydroxylation is 3. The van der Waals surface area contributed by atoms with Crippen LogP contribution in [-0.4, -0.2) is 5.78 Å². The highest BCUT2D eigenvalue weighted by Crippen LogP contribution is 2.26. The van der Waals surface area contributed by atoms with Crippen LogP contribution in [0.2, 0.25) is 0 Å². The van der Waals surface area contributed by atoms with E-state index in [4.69, 9.17) is 5.26 Å². The summed E-state index contributed by atoms with van der Waals surface area (Å²) < 4.78 is 0. The van der Waals surface area contributed by atoms with E-state index in [1.165, 1.54) is 11.3 Å². The maximum Gasteiger partial charge on any atom is 0.238 e. The van der Waals surface area contributed by atoms with E-state index in [1.807, 2.05) is 39.8 Å². The van der Waals surface area contributed by atoms with Gasteiger partial charge in [-0.3, -0.25) is 9.59 Å². The Kier molecular flexibility index (Phi) is 5.20. The summed E-state index contributed by atoms with van der Waals surface area (Å²) in [5, 5.41) is 9.15. The molecule has 0 fully saturated rings. The second-order valence-corrected chi connectivity index (χ2v) is 6.70. The Morgan fingerprint density at radius 1 is 1.25 bits per heavy atom. The molecule has 0 spiro atoms. The largest absolute Gasteiger partial charge is 0.280 e. The quantitative estimate of drug-likeness (QED) is 0.481. The van der Waals surface area contributed by atoms with Crippen molar-refractivity contribution in [1.82, 2.24) is 0 Å². The van der Waals surface area contributed by atoms with Crippen molar-refractivity contribution in [1.29, 1.82) is 5.26 Å². The highest BCUT2D eigenvalue weighted by Gasteiger charge is 2.17.